The molecular formula is C18H28N2O. The Labute approximate surface area is 128 Å². The summed E-state index contributed by atoms with van der Waals surface area (Å²) >= 11 is 0. The lowest BCUT2D eigenvalue weighted by Gasteiger charge is -2.34. The van der Waals surface area contributed by atoms with E-state index in [9.17, 15) is 4.79 Å². The molecule has 0 saturated carbocycles. The second-order valence-electron chi connectivity index (χ2n) is 6.30. The molecule has 1 aliphatic heterocycles. The third-order valence-electron chi connectivity index (χ3n) is 4.50. The third-order valence-corrected chi connectivity index (χ3v) is 4.50. The second-order valence-corrected chi connectivity index (χ2v) is 6.30. The minimum Gasteiger partial charge on any atom is -0.323 e. The number of rotatable bonds is 6. The highest BCUT2D eigenvalue weighted by atomic mass is 16.2. The monoisotopic (exact) mass is 288 g/mol. The summed E-state index contributed by atoms with van der Waals surface area (Å²) in [5.74, 6) is 0.761. The molecule has 0 radical (unpaired) electrons. The molecule has 3 heteroatoms. The summed E-state index contributed by atoms with van der Waals surface area (Å²) in [7, 11) is 0. The topological polar surface area (TPSA) is 32.3 Å². The number of carbonyl (C=O) groups excluding carboxylic acids is 1. The quantitative estimate of drug-likeness (QED) is 0.872. The van der Waals surface area contributed by atoms with Gasteiger partial charge in [0, 0.05) is 6.04 Å². The average molecular weight is 288 g/mol. The Morgan fingerprint density at radius 2 is 1.86 bits per heavy atom. The first-order valence-corrected chi connectivity index (χ1v) is 8.20. The van der Waals surface area contributed by atoms with E-state index in [0.717, 1.165) is 19.3 Å². The molecule has 1 amide bonds. The Morgan fingerprint density at radius 1 is 1.19 bits per heavy atom. The molecule has 2 rings (SSSR count). The van der Waals surface area contributed by atoms with Crippen LogP contribution in [0.2, 0.25) is 0 Å². The van der Waals surface area contributed by atoms with Crippen LogP contribution < -0.4 is 5.32 Å². The summed E-state index contributed by atoms with van der Waals surface area (Å²) in [4.78, 5) is 15.0. The Bertz CT molecular complexity index is 458. The Balaban J connectivity index is 2.15. The summed E-state index contributed by atoms with van der Waals surface area (Å²) in [6, 6.07) is 10.5. The molecule has 1 N–H and O–H groups in total. The van der Waals surface area contributed by atoms with Crippen molar-refractivity contribution in [2.75, 3.05) is 0 Å². The van der Waals surface area contributed by atoms with E-state index < -0.39 is 0 Å². The second kappa shape index (κ2) is 7.08. The molecule has 3 unspecified atom stereocenters. The van der Waals surface area contributed by atoms with Gasteiger partial charge in [0.05, 0.1) is 12.2 Å². The first kappa shape index (κ1) is 16.0. The van der Waals surface area contributed by atoms with Crippen LogP contribution in [-0.2, 0) is 11.2 Å². The van der Waals surface area contributed by atoms with Crippen molar-refractivity contribution < 1.29 is 4.79 Å². The van der Waals surface area contributed by atoms with E-state index in [2.05, 4.69) is 50.0 Å². The van der Waals surface area contributed by atoms with Gasteiger partial charge in [-0.05, 0) is 30.7 Å². The van der Waals surface area contributed by atoms with E-state index in [1.165, 1.54) is 5.56 Å². The van der Waals surface area contributed by atoms with Gasteiger partial charge >= 0.3 is 0 Å². The van der Waals surface area contributed by atoms with Crippen LogP contribution in [0.25, 0.3) is 0 Å². The van der Waals surface area contributed by atoms with E-state index >= 15 is 0 Å². The Hall–Kier alpha value is -1.35. The maximum Gasteiger partial charge on any atom is 0.241 e. The Kier molecular flexibility index (Phi) is 5.40. The zero-order valence-corrected chi connectivity index (χ0v) is 13.7. The van der Waals surface area contributed by atoms with E-state index in [-0.39, 0.29) is 18.1 Å². The fourth-order valence-electron chi connectivity index (χ4n) is 3.41. The van der Waals surface area contributed by atoms with Crippen molar-refractivity contribution in [3.63, 3.8) is 0 Å². The summed E-state index contributed by atoms with van der Waals surface area (Å²) in [5.41, 5.74) is 1.22. The van der Waals surface area contributed by atoms with Crippen molar-refractivity contribution in [1.29, 1.82) is 0 Å². The lowest BCUT2D eigenvalue weighted by atomic mass is 9.98. The molecule has 1 aromatic rings. The molecule has 1 aromatic carbocycles. The maximum absolute atomic E-state index is 12.8. The fraction of sp³-hybridized carbons (Fsp3) is 0.611. The smallest absolute Gasteiger partial charge is 0.241 e. The van der Waals surface area contributed by atoms with E-state index in [0.29, 0.717) is 12.0 Å². The van der Waals surface area contributed by atoms with Crippen molar-refractivity contribution in [2.45, 2.75) is 65.2 Å². The molecule has 0 aromatic heterocycles. The van der Waals surface area contributed by atoms with Gasteiger partial charge in [0.2, 0.25) is 5.91 Å². The van der Waals surface area contributed by atoms with Crippen LogP contribution in [0.4, 0.5) is 0 Å². The summed E-state index contributed by atoms with van der Waals surface area (Å²) in [6.07, 6.45) is 2.93. The van der Waals surface area contributed by atoms with Gasteiger partial charge in [-0.25, -0.2) is 0 Å². The molecule has 116 valence electrons. The number of hydrogen-bond donors (Lipinski definition) is 1. The van der Waals surface area contributed by atoms with Gasteiger partial charge in [0.15, 0.2) is 0 Å². The van der Waals surface area contributed by atoms with Crippen molar-refractivity contribution in [3.05, 3.63) is 35.9 Å². The van der Waals surface area contributed by atoms with Crippen LogP contribution in [-0.4, -0.2) is 29.1 Å². The first-order valence-electron chi connectivity index (χ1n) is 8.20. The van der Waals surface area contributed by atoms with Crippen molar-refractivity contribution in [1.82, 2.24) is 10.2 Å². The average Bonchev–Trinajstić information content (AvgIpc) is 2.78. The summed E-state index contributed by atoms with van der Waals surface area (Å²) < 4.78 is 0. The highest BCUT2D eigenvalue weighted by molar-refractivity contribution is 5.85. The Morgan fingerprint density at radius 3 is 2.38 bits per heavy atom. The highest BCUT2D eigenvalue weighted by Gasteiger charge is 2.41. The molecular weight excluding hydrogens is 260 g/mol. The molecule has 0 aliphatic carbocycles. The van der Waals surface area contributed by atoms with Crippen LogP contribution in [0.3, 0.4) is 0 Å². The predicted octanol–water partition coefficient (Wildman–Crippen LogP) is 3.20. The van der Waals surface area contributed by atoms with Crippen LogP contribution >= 0.6 is 0 Å². The first-order chi connectivity index (χ1) is 10.1. The van der Waals surface area contributed by atoms with E-state index in [1.54, 1.807) is 0 Å². The minimum absolute atomic E-state index is 0.0786. The molecule has 21 heavy (non-hydrogen) atoms. The van der Waals surface area contributed by atoms with Crippen molar-refractivity contribution in [2.24, 2.45) is 5.92 Å². The zero-order chi connectivity index (χ0) is 15.4. The predicted molar refractivity (Wildman–Crippen MR) is 86.9 cm³/mol. The number of benzene rings is 1. The number of nitrogens with zero attached hydrogens (tertiary/aromatic N) is 1. The normalized spacial score (nSPS) is 23.9. The summed E-state index contributed by atoms with van der Waals surface area (Å²) in [6.45, 7) is 8.74. The van der Waals surface area contributed by atoms with Crippen LogP contribution in [0.5, 0.6) is 0 Å². The van der Waals surface area contributed by atoms with Gasteiger partial charge in [-0.15, -0.1) is 0 Å². The zero-order valence-electron chi connectivity index (χ0n) is 13.7. The van der Waals surface area contributed by atoms with Crippen molar-refractivity contribution in [3.8, 4) is 0 Å². The van der Waals surface area contributed by atoms with Crippen LogP contribution in [0.15, 0.2) is 30.3 Å². The van der Waals surface area contributed by atoms with Gasteiger partial charge in [-0.3, -0.25) is 10.1 Å². The lowest BCUT2D eigenvalue weighted by molar-refractivity contribution is -0.133. The van der Waals surface area contributed by atoms with Gasteiger partial charge in [-0.1, -0.05) is 58.0 Å². The molecule has 1 aliphatic rings. The largest absolute Gasteiger partial charge is 0.323 e. The lowest BCUT2D eigenvalue weighted by Crippen LogP contribution is -2.46. The SMILES string of the molecule is CCC1NC(Cc2ccccc2)C(=O)N1C(CC)C(C)C. The fourth-order valence-corrected chi connectivity index (χ4v) is 3.41. The number of carbonyl (C=O) groups is 1. The number of amides is 1. The van der Waals surface area contributed by atoms with E-state index in [4.69, 9.17) is 0 Å². The molecule has 1 heterocycles. The van der Waals surface area contributed by atoms with Crippen molar-refractivity contribution >= 4 is 5.91 Å². The maximum atomic E-state index is 12.8. The van der Waals surface area contributed by atoms with Crippen LogP contribution in [0, 0.1) is 5.92 Å². The molecule has 3 atom stereocenters. The standard InChI is InChI=1S/C18H28N2O/c1-5-16(13(3)4)20-17(6-2)19-15(18(20)21)12-14-10-8-7-9-11-14/h7-11,13,15-17,19H,5-6,12H2,1-4H3. The number of hydrogen-bond acceptors (Lipinski definition) is 2. The molecule has 0 bridgehead atoms. The van der Waals surface area contributed by atoms with E-state index in [1.807, 2.05) is 18.2 Å². The molecule has 3 nitrogen and oxygen atoms in total. The van der Waals surface area contributed by atoms with Crippen LogP contribution in [0.1, 0.15) is 46.1 Å². The minimum atomic E-state index is -0.0786. The summed E-state index contributed by atoms with van der Waals surface area (Å²) in [5, 5.41) is 3.54. The molecule has 1 fully saturated rings. The third kappa shape index (κ3) is 3.46. The highest BCUT2D eigenvalue weighted by Crippen LogP contribution is 2.25. The number of nitrogens with one attached hydrogen (secondary N) is 1. The van der Waals surface area contributed by atoms with Gasteiger partial charge in [0.25, 0.3) is 0 Å². The van der Waals surface area contributed by atoms with Gasteiger partial charge < -0.3 is 4.90 Å². The van der Waals surface area contributed by atoms with Gasteiger partial charge in [0.1, 0.15) is 0 Å². The van der Waals surface area contributed by atoms with Gasteiger partial charge in [-0.2, -0.15) is 0 Å². The molecule has 0 spiro atoms. The molecule has 1 saturated heterocycles.